The molecule has 0 unspecified atom stereocenters. The van der Waals surface area contributed by atoms with E-state index >= 15 is 0 Å². The van der Waals surface area contributed by atoms with Crippen LogP contribution in [-0.2, 0) is 21.7 Å². The lowest BCUT2D eigenvalue weighted by Crippen LogP contribution is -2.39. The summed E-state index contributed by atoms with van der Waals surface area (Å²) in [6.07, 6.45) is 0. The van der Waals surface area contributed by atoms with Gasteiger partial charge in [-0.25, -0.2) is 29.9 Å². The van der Waals surface area contributed by atoms with Gasteiger partial charge in [0.1, 0.15) is 45.9 Å². The monoisotopic (exact) mass is 530 g/mol. The molecule has 2 aromatic carbocycles. The number of nitrogens with one attached hydrogen (secondary N) is 2. The van der Waals surface area contributed by atoms with Crippen LogP contribution in [-0.4, -0.2) is 39.9 Å². The van der Waals surface area contributed by atoms with E-state index in [0.29, 0.717) is 0 Å². The summed E-state index contributed by atoms with van der Waals surface area (Å²) in [7, 11) is 0. The number of aromatic nitrogens is 8. The first-order valence-electron chi connectivity index (χ1n) is 13.8. The van der Waals surface area contributed by atoms with Crippen molar-refractivity contribution in [3.05, 3.63) is 71.8 Å². The van der Waals surface area contributed by atoms with Crippen LogP contribution < -0.4 is 0 Å². The molecule has 0 saturated heterocycles. The van der Waals surface area contributed by atoms with Gasteiger partial charge in [-0.15, -0.1) is 0 Å². The molecule has 0 saturated carbocycles. The number of fused-ring (bicyclic) bond motifs is 14. The molecule has 0 radical (unpaired) electrons. The van der Waals surface area contributed by atoms with E-state index < -0.39 is 0 Å². The van der Waals surface area contributed by atoms with Crippen LogP contribution in [0.5, 0.6) is 0 Å². The number of benzene rings is 2. The summed E-state index contributed by atoms with van der Waals surface area (Å²) in [5.41, 5.74) is 1.46. The smallest absolute Gasteiger partial charge is 0.142 e. The molecule has 3 aromatic heterocycles. The van der Waals surface area contributed by atoms with Gasteiger partial charge in [0.2, 0.25) is 0 Å². The minimum Gasteiger partial charge on any atom is -0.324 e. The molecule has 0 amide bonds. The average Bonchev–Trinajstić information content (AvgIpc) is 3.52. The SMILES string of the molecule is CC1(C)c2nc3nc(nc4[nH]c(nc5[nH]c(nc(n2)C1(C)C)c1ccccc51)c1ccccc41)C(C)(C)C3(C)C. The number of nitrogens with zero attached hydrogens (tertiary/aromatic N) is 6. The van der Waals surface area contributed by atoms with Gasteiger partial charge < -0.3 is 9.97 Å². The van der Waals surface area contributed by atoms with Crippen LogP contribution in [0.4, 0.5) is 0 Å². The number of H-pyrrole nitrogens is 2. The Kier molecular flexibility index (Phi) is 4.78. The lowest BCUT2D eigenvalue weighted by molar-refractivity contribution is 0.295. The van der Waals surface area contributed by atoms with E-state index in [0.717, 1.165) is 67.4 Å². The van der Waals surface area contributed by atoms with Crippen molar-refractivity contribution in [1.29, 1.82) is 0 Å². The summed E-state index contributed by atoms with van der Waals surface area (Å²) in [4.78, 5) is 37.7. The largest absolute Gasteiger partial charge is 0.324 e. The average molecular weight is 531 g/mol. The highest BCUT2D eigenvalue weighted by Crippen LogP contribution is 2.48. The highest BCUT2D eigenvalue weighted by Gasteiger charge is 2.52. The van der Waals surface area contributed by atoms with Gasteiger partial charge in [-0.3, -0.25) is 0 Å². The van der Waals surface area contributed by atoms with Crippen LogP contribution in [0.1, 0.15) is 78.7 Å². The van der Waals surface area contributed by atoms with E-state index in [1.54, 1.807) is 0 Å². The zero-order valence-electron chi connectivity index (χ0n) is 24.3. The second-order valence-corrected chi connectivity index (χ2v) is 13.2. The van der Waals surface area contributed by atoms with Crippen LogP contribution >= 0.6 is 0 Å². The third-order valence-corrected chi connectivity index (χ3v) is 10.0. The van der Waals surface area contributed by atoms with Crippen LogP contribution in [0, 0.1) is 0 Å². The van der Waals surface area contributed by atoms with E-state index in [4.69, 9.17) is 29.9 Å². The summed E-state index contributed by atoms with van der Waals surface area (Å²) in [6, 6.07) is 16.4. The van der Waals surface area contributed by atoms with Gasteiger partial charge in [-0.1, -0.05) is 104 Å². The fraction of sp³-hybridized carbons (Fsp3) is 0.375. The standard InChI is InChI=1S/C32H34N8/c1-29(2)25-36-23-19-15-11-9-13-17(19)21(34-23)33-22-18-14-10-12-16-20(18)24(35-22)37-26-30(3,4)32(7,8)28(39-26)40-27(38-25)31(29,5)6/h9-16H,1-8H3,(H2,33,34,35,36,37,38,39,40). The maximum Gasteiger partial charge on any atom is 0.142 e. The molecule has 2 aliphatic rings. The van der Waals surface area contributed by atoms with Gasteiger partial charge in [0.05, 0.1) is 0 Å². The summed E-state index contributed by atoms with van der Waals surface area (Å²) in [6.45, 7) is 17.5. The van der Waals surface area contributed by atoms with Gasteiger partial charge >= 0.3 is 0 Å². The molecule has 5 aromatic rings. The van der Waals surface area contributed by atoms with Gasteiger partial charge in [0, 0.05) is 43.2 Å². The molecule has 0 aliphatic carbocycles. The van der Waals surface area contributed by atoms with Gasteiger partial charge in [0.25, 0.3) is 0 Å². The Labute approximate surface area is 232 Å². The van der Waals surface area contributed by atoms with Crippen molar-refractivity contribution in [2.45, 2.75) is 77.0 Å². The molecule has 0 spiro atoms. The zero-order chi connectivity index (χ0) is 28.2. The molecule has 40 heavy (non-hydrogen) atoms. The van der Waals surface area contributed by atoms with E-state index in [2.05, 4.69) is 89.6 Å². The third kappa shape index (κ3) is 3.13. The van der Waals surface area contributed by atoms with Gasteiger partial charge in [-0.05, 0) is 0 Å². The van der Waals surface area contributed by atoms with Crippen molar-refractivity contribution in [3.63, 3.8) is 0 Å². The summed E-state index contributed by atoms with van der Waals surface area (Å²) >= 11 is 0. The lowest BCUT2D eigenvalue weighted by atomic mass is 9.68. The third-order valence-electron chi connectivity index (χ3n) is 10.0. The van der Waals surface area contributed by atoms with Gasteiger partial charge in [0.15, 0.2) is 0 Å². The van der Waals surface area contributed by atoms with Crippen molar-refractivity contribution >= 4 is 44.1 Å². The molecular weight excluding hydrogens is 496 g/mol. The fourth-order valence-corrected chi connectivity index (χ4v) is 5.60. The molecule has 8 heteroatoms. The predicted molar refractivity (Wildman–Crippen MR) is 159 cm³/mol. The van der Waals surface area contributed by atoms with Crippen LogP contribution in [0.2, 0.25) is 0 Å². The van der Waals surface area contributed by atoms with E-state index in [9.17, 15) is 0 Å². The molecule has 7 rings (SSSR count). The van der Waals surface area contributed by atoms with Crippen LogP contribution in [0.3, 0.4) is 0 Å². The predicted octanol–water partition coefficient (Wildman–Crippen LogP) is 6.71. The Hall–Kier alpha value is -4.20. The zero-order valence-corrected chi connectivity index (χ0v) is 24.3. The van der Waals surface area contributed by atoms with E-state index in [1.807, 2.05) is 24.3 Å². The first-order valence-corrected chi connectivity index (χ1v) is 13.8. The molecule has 8 bridgehead atoms. The molecular formula is C32H34N8. The second-order valence-electron chi connectivity index (χ2n) is 13.2. The summed E-state index contributed by atoms with van der Waals surface area (Å²) in [5, 5.41) is 3.98. The first-order chi connectivity index (χ1) is 18.8. The maximum absolute atomic E-state index is 5.18. The second kappa shape index (κ2) is 7.71. The normalized spacial score (nSPS) is 18.8. The summed E-state index contributed by atoms with van der Waals surface area (Å²) < 4.78 is 0. The van der Waals surface area contributed by atoms with Crippen LogP contribution in [0.25, 0.3) is 44.1 Å². The van der Waals surface area contributed by atoms with Crippen molar-refractivity contribution in [3.8, 4) is 0 Å². The number of hydrogen-bond donors (Lipinski definition) is 2. The quantitative estimate of drug-likeness (QED) is 0.230. The number of hydrogen-bond acceptors (Lipinski definition) is 6. The number of rotatable bonds is 0. The number of aromatic amines is 2. The van der Waals surface area contributed by atoms with Crippen molar-refractivity contribution in [2.75, 3.05) is 0 Å². The first kappa shape index (κ1) is 24.8. The molecule has 202 valence electrons. The van der Waals surface area contributed by atoms with Crippen molar-refractivity contribution in [1.82, 2.24) is 39.9 Å². The molecule has 8 nitrogen and oxygen atoms in total. The Morgan fingerprint density at radius 1 is 0.375 bits per heavy atom. The van der Waals surface area contributed by atoms with E-state index in [1.165, 1.54) is 0 Å². The van der Waals surface area contributed by atoms with Crippen LogP contribution in [0.15, 0.2) is 48.5 Å². The van der Waals surface area contributed by atoms with Crippen molar-refractivity contribution in [2.24, 2.45) is 0 Å². The Morgan fingerprint density at radius 2 is 0.625 bits per heavy atom. The van der Waals surface area contributed by atoms with Crippen molar-refractivity contribution < 1.29 is 0 Å². The molecule has 5 heterocycles. The minimum atomic E-state index is -0.373. The Morgan fingerprint density at radius 3 is 0.925 bits per heavy atom. The highest BCUT2D eigenvalue weighted by molar-refractivity contribution is 6.07. The maximum atomic E-state index is 5.18. The Balaban J connectivity index is 1.73. The minimum absolute atomic E-state index is 0.372. The lowest BCUT2D eigenvalue weighted by Gasteiger charge is -2.34. The topological polar surface area (TPSA) is 109 Å². The Bertz CT molecular complexity index is 1880. The molecule has 2 N–H and O–H groups in total. The molecule has 0 fully saturated rings. The molecule has 0 atom stereocenters. The van der Waals surface area contributed by atoms with Gasteiger partial charge in [-0.2, -0.15) is 0 Å². The van der Waals surface area contributed by atoms with E-state index in [-0.39, 0.29) is 21.7 Å². The highest BCUT2D eigenvalue weighted by atomic mass is 15.1. The molecule has 2 aliphatic heterocycles. The summed E-state index contributed by atoms with van der Waals surface area (Å²) in [5.74, 6) is 2.94. The fourth-order valence-electron chi connectivity index (χ4n) is 5.60.